The van der Waals surface area contributed by atoms with Crippen LogP contribution in [-0.4, -0.2) is 64.8 Å². The monoisotopic (exact) mass is 355 g/mol. The highest BCUT2D eigenvalue weighted by Crippen LogP contribution is 2.29. The van der Waals surface area contributed by atoms with Crippen molar-refractivity contribution in [3.63, 3.8) is 0 Å². The second-order valence-electron chi connectivity index (χ2n) is 6.28. The highest BCUT2D eigenvalue weighted by atomic mass is 32.2. The summed E-state index contributed by atoms with van der Waals surface area (Å²) in [5.74, 6) is -1.33. The molecule has 0 aromatic carbocycles. The lowest BCUT2D eigenvalue weighted by atomic mass is 10.2. The van der Waals surface area contributed by atoms with Gasteiger partial charge in [0, 0.05) is 32.9 Å². The van der Waals surface area contributed by atoms with Crippen molar-refractivity contribution in [2.45, 2.75) is 36.6 Å². The molecule has 1 aromatic heterocycles. The van der Waals surface area contributed by atoms with Crippen LogP contribution in [-0.2, 0) is 21.9 Å². The third kappa shape index (κ3) is 2.82. The maximum absolute atomic E-state index is 12.9. The number of nitrogens with zero attached hydrogens (tertiary/aromatic N) is 3. The van der Waals surface area contributed by atoms with Gasteiger partial charge in [-0.15, -0.1) is 0 Å². The molecule has 132 valence electrons. The van der Waals surface area contributed by atoms with E-state index in [9.17, 15) is 18.0 Å². The number of hydrogen-bond acceptors (Lipinski definition) is 4. The molecule has 1 atom stereocenters. The van der Waals surface area contributed by atoms with E-state index in [2.05, 4.69) is 0 Å². The molecule has 2 aliphatic rings. The summed E-state index contributed by atoms with van der Waals surface area (Å²) in [6.07, 6.45) is 4.32. The van der Waals surface area contributed by atoms with Gasteiger partial charge in [-0.1, -0.05) is 0 Å². The first kappa shape index (κ1) is 17.0. The summed E-state index contributed by atoms with van der Waals surface area (Å²) in [6.45, 7) is 1.64. The summed E-state index contributed by atoms with van der Waals surface area (Å²) < 4.78 is 28.3. The summed E-state index contributed by atoms with van der Waals surface area (Å²) in [6, 6.07) is 0.467. The molecule has 1 aromatic rings. The van der Waals surface area contributed by atoms with Gasteiger partial charge in [0.05, 0.1) is 0 Å². The fraction of sp³-hybridized carbons (Fsp3) is 0.600. The van der Waals surface area contributed by atoms with Gasteiger partial charge in [-0.25, -0.2) is 13.2 Å². The number of rotatable bonds is 4. The molecule has 0 bridgehead atoms. The second-order valence-corrected chi connectivity index (χ2v) is 8.17. The average molecular weight is 355 g/mol. The lowest BCUT2D eigenvalue weighted by molar-refractivity contribution is -0.133. The quantitative estimate of drug-likeness (QED) is 0.848. The molecule has 1 amide bonds. The van der Waals surface area contributed by atoms with Crippen molar-refractivity contribution in [2.75, 3.05) is 19.6 Å². The largest absolute Gasteiger partial charge is 0.477 e. The smallest absolute Gasteiger partial charge is 0.352 e. The molecular weight excluding hydrogens is 334 g/mol. The van der Waals surface area contributed by atoms with Crippen molar-refractivity contribution in [1.29, 1.82) is 0 Å². The van der Waals surface area contributed by atoms with Gasteiger partial charge in [0.2, 0.25) is 15.9 Å². The molecule has 0 saturated carbocycles. The number of carboxylic acids is 1. The van der Waals surface area contributed by atoms with Crippen LogP contribution in [0.2, 0.25) is 0 Å². The van der Waals surface area contributed by atoms with Crippen LogP contribution in [0.3, 0.4) is 0 Å². The summed E-state index contributed by atoms with van der Waals surface area (Å²) in [4.78, 5) is 25.4. The van der Waals surface area contributed by atoms with Crippen molar-refractivity contribution in [3.8, 4) is 0 Å². The van der Waals surface area contributed by atoms with Crippen molar-refractivity contribution in [1.82, 2.24) is 13.8 Å². The van der Waals surface area contributed by atoms with Crippen LogP contribution in [0.1, 0.15) is 36.2 Å². The van der Waals surface area contributed by atoms with Crippen LogP contribution in [0, 0.1) is 0 Å². The van der Waals surface area contributed by atoms with E-state index in [1.807, 2.05) is 0 Å². The van der Waals surface area contributed by atoms with E-state index in [1.165, 1.54) is 22.1 Å². The van der Waals surface area contributed by atoms with E-state index in [0.29, 0.717) is 25.9 Å². The summed E-state index contributed by atoms with van der Waals surface area (Å²) >= 11 is 0. The molecule has 3 heterocycles. The van der Waals surface area contributed by atoms with E-state index in [-0.39, 0.29) is 23.0 Å². The Labute approximate surface area is 140 Å². The van der Waals surface area contributed by atoms with Crippen LogP contribution in [0.5, 0.6) is 0 Å². The van der Waals surface area contributed by atoms with Gasteiger partial charge in [0.1, 0.15) is 16.6 Å². The van der Waals surface area contributed by atoms with Crippen molar-refractivity contribution in [3.05, 3.63) is 18.0 Å². The Morgan fingerprint density at radius 2 is 1.83 bits per heavy atom. The zero-order chi connectivity index (χ0) is 17.5. The lowest BCUT2D eigenvalue weighted by Crippen LogP contribution is -2.46. The predicted octanol–water partition coefficient (Wildman–Crippen LogP) is 0.499. The Balaban J connectivity index is 1.89. The number of amides is 1. The lowest BCUT2D eigenvalue weighted by Gasteiger charge is -2.26. The fourth-order valence-corrected chi connectivity index (χ4v) is 5.17. The molecule has 3 rings (SSSR count). The van der Waals surface area contributed by atoms with Crippen LogP contribution in [0.25, 0.3) is 0 Å². The fourth-order valence-electron chi connectivity index (χ4n) is 3.45. The third-order valence-electron chi connectivity index (χ3n) is 4.71. The van der Waals surface area contributed by atoms with E-state index in [4.69, 9.17) is 5.11 Å². The Hall–Kier alpha value is -1.87. The van der Waals surface area contributed by atoms with E-state index in [1.54, 1.807) is 4.90 Å². The zero-order valence-corrected chi connectivity index (χ0v) is 14.3. The number of carbonyl (C=O) groups excluding carboxylic acids is 1. The number of likely N-dealkylation sites (tertiary alicyclic amines) is 1. The normalized spacial score (nSPS) is 22.2. The van der Waals surface area contributed by atoms with Gasteiger partial charge in [-0.3, -0.25) is 4.79 Å². The minimum atomic E-state index is -3.90. The van der Waals surface area contributed by atoms with Crippen molar-refractivity contribution < 1.29 is 23.1 Å². The van der Waals surface area contributed by atoms with Crippen LogP contribution in [0.4, 0.5) is 0 Å². The Morgan fingerprint density at radius 1 is 1.17 bits per heavy atom. The Bertz CT molecular complexity index is 764. The molecule has 2 aliphatic heterocycles. The molecule has 24 heavy (non-hydrogen) atoms. The van der Waals surface area contributed by atoms with Gasteiger partial charge in [-0.05, 0) is 31.7 Å². The summed E-state index contributed by atoms with van der Waals surface area (Å²) in [7, 11) is -2.41. The average Bonchev–Trinajstić information content (AvgIpc) is 3.26. The molecule has 8 nitrogen and oxygen atoms in total. The van der Waals surface area contributed by atoms with Crippen LogP contribution >= 0.6 is 0 Å². The SMILES string of the molecule is Cn1cc(S(=O)(=O)N2CCCC2C(=O)N2CCCC2)cc1C(=O)O. The highest BCUT2D eigenvalue weighted by Gasteiger charge is 2.42. The number of aryl methyl sites for hydroxylation is 1. The summed E-state index contributed by atoms with van der Waals surface area (Å²) in [5.41, 5.74) is -0.102. The summed E-state index contributed by atoms with van der Waals surface area (Å²) in [5, 5.41) is 9.10. The van der Waals surface area contributed by atoms with Gasteiger partial charge in [-0.2, -0.15) is 4.31 Å². The van der Waals surface area contributed by atoms with E-state index < -0.39 is 22.0 Å². The van der Waals surface area contributed by atoms with Gasteiger partial charge in [0.15, 0.2) is 0 Å². The Morgan fingerprint density at radius 3 is 2.42 bits per heavy atom. The number of sulfonamides is 1. The van der Waals surface area contributed by atoms with E-state index in [0.717, 1.165) is 18.9 Å². The first-order valence-corrected chi connectivity index (χ1v) is 9.46. The minimum Gasteiger partial charge on any atom is -0.477 e. The number of carbonyl (C=O) groups is 2. The molecule has 1 N–H and O–H groups in total. The number of hydrogen-bond donors (Lipinski definition) is 1. The molecule has 9 heteroatoms. The number of aromatic nitrogens is 1. The standard InChI is InChI=1S/C15H21N3O5S/c1-16-10-11(9-13(16)15(20)21)24(22,23)18-8-4-5-12(18)14(19)17-6-2-3-7-17/h9-10,12H,2-8H2,1H3,(H,20,21). The maximum atomic E-state index is 12.9. The van der Waals surface area contributed by atoms with Crippen molar-refractivity contribution in [2.24, 2.45) is 7.05 Å². The van der Waals surface area contributed by atoms with Gasteiger partial charge in [0.25, 0.3) is 0 Å². The minimum absolute atomic E-state index is 0.0801. The second kappa shape index (κ2) is 6.21. The molecule has 0 radical (unpaired) electrons. The first-order valence-electron chi connectivity index (χ1n) is 8.02. The highest BCUT2D eigenvalue weighted by molar-refractivity contribution is 7.89. The molecule has 2 fully saturated rings. The maximum Gasteiger partial charge on any atom is 0.352 e. The third-order valence-corrected chi connectivity index (χ3v) is 6.59. The number of carboxylic acid groups (broad SMARTS) is 1. The number of aromatic carboxylic acids is 1. The topological polar surface area (TPSA) is 99.9 Å². The molecule has 1 unspecified atom stereocenters. The van der Waals surface area contributed by atoms with Crippen LogP contribution < -0.4 is 0 Å². The zero-order valence-electron chi connectivity index (χ0n) is 13.5. The molecule has 0 aliphatic carbocycles. The van der Waals surface area contributed by atoms with Gasteiger partial charge < -0.3 is 14.6 Å². The van der Waals surface area contributed by atoms with E-state index >= 15 is 0 Å². The first-order chi connectivity index (χ1) is 11.3. The predicted molar refractivity (Wildman–Crippen MR) is 85.1 cm³/mol. The molecular formula is C15H21N3O5S. The molecule has 0 spiro atoms. The van der Waals surface area contributed by atoms with Crippen LogP contribution in [0.15, 0.2) is 17.2 Å². The molecule has 2 saturated heterocycles. The Kier molecular flexibility index (Phi) is 4.39. The van der Waals surface area contributed by atoms with Gasteiger partial charge >= 0.3 is 5.97 Å². The van der Waals surface area contributed by atoms with Crippen molar-refractivity contribution >= 4 is 21.9 Å².